The predicted molar refractivity (Wildman–Crippen MR) is 104 cm³/mol. The van der Waals surface area contributed by atoms with Gasteiger partial charge in [-0.05, 0) is 42.7 Å². The van der Waals surface area contributed by atoms with E-state index in [0.29, 0.717) is 30.7 Å². The first kappa shape index (κ1) is 21.3. The molecule has 2 aromatic rings. The number of alkyl halides is 3. The number of nitrogens with one attached hydrogen (secondary N) is 1. The van der Waals surface area contributed by atoms with Crippen molar-refractivity contribution < 1.29 is 27.0 Å². The van der Waals surface area contributed by atoms with Crippen LogP contribution in [0.5, 0.6) is 0 Å². The van der Waals surface area contributed by atoms with E-state index >= 15 is 0 Å². The number of nitro benzene ring substituents is 1. The molecule has 1 heterocycles. The average molecular weight is 428 g/mol. The Kier molecular flexibility index (Phi) is 6.53. The Morgan fingerprint density at radius 2 is 1.90 bits per heavy atom. The molecular formula is C19H19F3N2O4S. The highest BCUT2D eigenvalue weighted by molar-refractivity contribution is 7.84. The van der Waals surface area contributed by atoms with E-state index < -0.39 is 33.2 Å². The first-order valence-electron chi connectivity index (χ1n) is 8.90. The monoisotopic (exact) mass is 428 g/mol. The molecule has 3 rings (SSSR count). The second kappa shape index (κ2) is 8.91. The molecule has 0 aliphatic carbocycles. The van der Waals surface area contributed by atoms with E-state index in [1.807, 2.05) is 0 Å². The highest BCUT2D eigenvalue weighted by Gasteiger charge is 2.33. The fraction of sp³-hybridized carbons (Fsp3) is 0.368. The van der Waals surface area contributed by atoms with Crippen LogP contribution in [0.25, 0.3) is 0 Å². The molecule has 1 fully saturated rings. The zero-order valence-electron chi connectivity index (χ0n) is 15.3. The van der Waals surface area contributed by atoms with Crippen LogP contribution in [0.1, 0.15) is 24.0 Å². The zero-order chi connectivity index (χ0) is 21.0. The van der Waals surface area contributed by atoms with Crippen molar-refractivity contribution in [1.29, 1.82) is 0 Å². The molecule has 1 N–H and O–H groups in total. The highest BCUT2D eigenvalue weighted by Crippen LogP contribution is 2.36. The summed E-state index contributed by atoms with van der Waals surface area (Å²) in [6.07, 6.45) is -3.19. The van der Waals surface area contributed by atoms with Crippen molar-refractivity contribution in [2.75, 3.05) is 18.5 Å². The molecule has 1 atom stereocenters. The number of nitro groups is 1. The first-order valence-corrected chi connectivity index (χ1v) is 10.3. The molecule has 2 aromatic carbocycles. The van der Waals surface area contributed by atoms with Gasteiger partial charge < -0.3 is 10.1 Å². The number of rotatable bonds is 6. The Bertz CT molecular complexity index is 915. The molecule has 0 bridgehead atoms. The largest absolute Gasteiger partial charge is 0.416 e. The number of hydrogen-bond donors (Lipinski definition) is 1. The lowest BCUT2D eigenvalue weighted by Gasteiger charge is -2.21. The van der Waals surface area contributed by atoms with Crippen LogP contribution in [0.15, 0.2) is 42.5 Å². The lowest BCUT2D eigenvalue weighted by atomic mass is 10.1. The summed E-state index contributed by atoms with van der Waals surface area (Å²) in [5.74, 6) is 0.329. The Hall–Kier alpha value is -2.46. The van der Waals surface area contributed by atoms with Gasteiger partial charge in [0.15, 0.2) is 0 Å². The summed E-state index contributed by atoms with van der Waals surface area (Å²) in [6, 6.07) is 9.17. The van der Waals surface area contributed by atoms with Crippen molar-refractivity contribution in [3.8, 4) is 0 Å². The third kappa shape index (κ3) is 5.54. The van der Waals surface area contributed by atoms with Gasteiger partial charge in [-0.25, -0.2) is 0 Å². The Balaban J connectivity index is 1.77. The molecule has 0 spiro atoms. The highest BCUT2D eigenvalue weighted by atomic mass is 32.2. The summed E-state index contributed by atoms with van der Waals surface area (Å²) < 4.78 is 56.3. The van der Waals surface area contributed by atoms with Crippen LogP contribution in [0, 0.1) is 10.1 Å². The zero-order valence-corrected chi connectivity index (χ0v) is 16.1. The minimum atomic E-state index is -4.67. The Morgan fingerprint density at radius 1 is 1.17 bits per heavy atom. The van der Waals surface area contributed by atoms with E-state index in [4.69, 9.17) is 4.74 Å². The molecule has 6 nitrogen and oxygen atoms in total. The predicted octanol–water partition coefficient (Wildman–Crippen LogP) is 4.78. The number of nitrogens with zero attached hydrogens (tertiary/aromatic N) is 1. The third-order valence-electron chi connectivity index (χ3n) is 4.58. The molecule has 156 valence electrons. The number of halogens is 3. The topological polar surface area (TPSA) is 81.5 Å². The minimum absolute atomic E-state index is 0.0503. The van der Waals surface area contributed by atoms with Crippen molar-refractivity contribution in [3.05, 3.63) is 63.7 Å². The van der Waals surface area contributed by atoms with Crippen LogP contribution in [-0.4, -0.2) is 27.6 Å². The van der Waals surface area contributed by atoms with Crippen molar-refractivity contribution in [2.24, 2.45) is 0 Å². The summed E-state index contributed by atoms with van der Waals surface area (Å²) >= 11 is 0. The lowest BCUT2D eigenvalue weighted by molar-refractivity contribution is -0.384. The summed E-state index contributed by atoms with van der Waals surface area (Å²) in [4.78, 5) is 10.4. The molecule has 1 aliphatic rings. The minimum Gasteiger partial charge on any atom is -0.381 e. The maximum absolute atomic E-state index is 12.8. The van der Waals surface area contributed by atoms with E-state index in [0.717, 1.165) is 30.5 Å². The van der Waals surface area contributed by atoms with E-state index in [1.54, 1.807) is 24.3 Å². The second-order valence-corrected chi connectivity index (χ2v) is 8.37. The Morgan fingerprint density at radius 3 is 2.55 bits per heavy atom. The van der Waals surface area contributed by atoms with Gasteiger partial charge in [0.25, 0.3) is 5.69 Å². The van der Waals surface area contributed by atoms with Gasteiger partial charge in [-0.3, -0.25) is 14.3 Å². The Labute approximate surface area is 167 Å². The van der Waals surface area contributed by atoms with Gasteiger partial charge in [-0.1, -0.05) is 12.1 Å². The molecule has 0 aromatic heterocycles. The molecule has 0 amide bonds. The van der Waals surface area contributed by atoms with Gasteiger partial charge in [-0.15, -0.1) is 0 Å². The quantitative estimate of drug-likeness (QED) is 0.529. The van der Waals surface area contributed by atoms with Gasteiger partial charge in [-0.2, -0.15) is 13.2 Å². The lowest BCUT2D eigenvalue weighted by Crippen LogP contribution is -2.25. The van der Waals surface area contributed by atoms with Gasteiger partial charge >= 0.3 is 6.18 Å². The fourth-order valence-electron chi connectivity index (χ4n) is 3.08. The van der Waals surface area contributed by atoms with Gasteiger partial charge in [0.05, 0.1) is 10.5 Å². The smallest absolute Gasteiger partial charge is 0.381 e. The van der Waals surface area contributed by atoms with Crippen LogP contribution in [-0.2, 0) is 27.5 Å². The van der Waals surface area contributed by atoms with Crippen molar-refractivity contribution in [1.82, 2.24) is 0 Å². The van der Waals surface area contributed by atoms with Crippen molar-refractivity contribution in [3.63, 3.8) is 0 Å². The second-order valence-electron chi connectivity index (χ2n) is 6.65. The number of anilines is 2. The molecule has 1 aliphatic heterocycles. The van der Waals surface area contributed by atoms with Crippen molar-refractivity contribution in [2.45, 2.75) is 30.0 Å². The molecule has 0 saturated carbocycles. The summed E-state index contributed by atoms with van der Waals surface area (Å²) in [5.41, 5.74) is -0.569. The van der Waals surface area contributed by atoms with Gasteiger partial charge in [0.1, 0.15) is 5.69 Å². The van der Waals surface area contributed by atoms with Crippen LogP contribution >= 0.6 is 0 Å². The molecule has 0 radical (unpaired) electrons. The molecule has 10 heteroatoms. The normalized spacial score (nSPS) is 16.4. The average Bonchev–Trinajstić information content (AvgIpc) is 2.68. The van der Waals surface area contributed by atoms with Crippen molar-refractivity contribution >= 4 is 27.9 Å². The van der Waals surface area contributed by atoms with Crippen LogP contribution in [0.4, 0.5) is 30.2 Å². The summed E-state index contributed by atoms with van der Waals surface area (Å²) in [6.45, 7) is 1.19. The molecule has 1 unspecified atom stereocenters. The fourth-order valence-corrected chi connectivity index (χ4v) is 4.54. The molecule has 1 saturated heterocycles. The van der Waals surface area contributed by atoms with E-state index in [1.165, 1.54) is 0 Å². The molecule has 29 heavy (non-hydrogen) atoms. The summed E-state index contributed by atoms with van der Waals surface area (Å²) in [5, 5.41) is 14.1. The maximum Gasteiger partial charge on any atom is 0.416 e. The SMILES string of the molecule is O=[N+]([O-])c1cc(C(F)(F)F)ccc1Nc1cccc(CS(=O)C2CCOCC2)c1. The first-order chi connectivity index (χ1) is 13.7. The number of hydrogen-bond acceptors (Lipinski definition) is 5. The standard InChI is InChI=1S/C19H19F3N2O4S/c20-19(21,22)14-4-5-17(18(11-14)24(25)26)23-15-3-1-2-13(10-15)12-29(27)16-6-8-28-9-7-16/h1-5,10-11,16,23H,6-9,12H2. The van der Waals surface area contributed by atoms with Gasteiger partial charge in [0, 0.05) is 46.8 Å². The van der Waals surface area contributed by atoms with Crippen LogP contribution < -0.4 is 5.32 Å². The number of ether oxygens (including phenoxy) is 1. The maximum atomic E-state index is 12.8. The molecular weight excluding hydrogens is 409 g/mol. The van der Waals surface area contributed by atoms with Gasteiger partial charge in [0.2, 0.25) is 0 Å². The van der Waals surface area contributed by atoms with E-state index in [2.05, 4.69) is 5.32 Å². The van der Waals surface area contributed by atoms with E-state index in [9.17, 15) is 27.5 Å². The van der Waals surface area contributed by atoms with Crippen LogP contribution in [0.2, 0.25) is 0 Å². The number of benzene rings is 2. The summed E-state index contributed by atoms with van der Waals surface area (Å²) in [7, 11) is -1.08. The van der Waals surface area contributed by atoms with Crippen LogP contribution in [0.3, 0.4) is 0 Å². The van der Waals surface area contributed by atoms with E-state index in [-0.39, 0.29) is 10.9 Å². The third-order valence-corrected chi connectivity index (χ3v) is 6.41.